The molecule has 0 radical (unpaired) electrons. The fraction of sp³-hybridized carbons (Fsp3) is 0.625. The zero-order valence-corrected chi connectivity index (χ0v) is 9.35. The summed E-state index contributed by atoms with van der Waals surface area (Å²) in [5.41, 5.74) is -0.0763. The van der Waals surface area contributed by atoms with Crippen LogP contribution in [0.25, 0.3) is 0 Å². The summed E-state index contributed by atoms with van der Waals surface area (Å²) in [5, 5.41) is 0.0988. The average molecular weight is 217 g/mol. The van der Waals surface area contributed by atoms with Gasteiger partial charge in [-0.1, -0.05) is 20.8 Å². The molecule has 0 saturated heterocycles. The molecule has 0 bridgehead atoms. The van der Waals surface area contributed by atoms with Gasteiger partial charge in [0.1, 0.15) is 0 Å². The highest BCUT2D eigenvalue weighted by atomic mass is 32.2. The maximum absolute atomic E-state index is 11.6. The van der Waals surface area contributed by atoms with E-state index in [1.165, 1.54) is 12.5 Å². The fourth-order valence-electron chi connectivity index (χ4n) is 0.779. The van der Waals surface area contributed by atoms with E-state index in [1.54, 1.807) is 0 Å². The predicted molar refractivity (Wildman–Crippen MR) is 53.2 cm³/mol. The molecular formula is C8H15N3O2S. The van der Waals surface area contributed by atoms with Gasteiger partial charge in [-0.2, -0.15) is 0 Å². The van der Waals surface area contributed by atoms with Gasteiger partial charge in [-0.15, -0.1) is 0 Å². The first-order valence-corrected chi connectivity index (χ1v) is 5.78. The standard InChI is InChI=1S/C8H15N3O2S/c1-8(2,3)5-11-14(12,13)7-4-9-6-10-7/h4,6,11H,5H2,1-3H3,(H,9,10). The van der Waals surface area contributed by atoms with Crippen molar-refractivity contribution in [2.24, 2.45) is 5.41 Å². The molecule has 0 atom stereocenters. The molecule has 0 aliphatic heterocycles. The second-order valence-electron chi connectivity index (χ2n) is 4.30. The van der Waals surface area contributed by atoms with E-state index in [-0.39, 0.29) is 10.4 Å². The first-order valence-electron chi connectivity index (χ1n) is 4.29. The highest BCUT2D eigenvalue weighted by Crippen LogP contribution is 2.12. The number of imidazole rings is 1. The predicted octanol–water partition coefficient (Wildman–Crippen LogP) is 0.734. The minimum atomic E-state index is -3.42. The Bertz CT molecular complexity index is 375. The SMILES string of the molecule is CC(C)(C)CNS(=O)(=O)c1cnc[nH]1. The highest BCUT2D eigenvalue weighted by Gasteiger charge is 2.19. The number of sulfonamides is 1. The molecule has 80 valence electrons. The van der Waals surface area contributed by atoms with Gasteiger partial charge in [0.25, 0.3) is 10.0 Å². The summed E-state index contributed by atoms with van der Waals surface area (Å²) in [6.07, 6.45) is 2.62. The molecule has 0 amide bonds. The van der Waals surface area contributed by atoms with Gasteiger partial charge >= 0.3 is 0 Å². The van der Waals surface area contributed by atoms with Crippen LogP contribution >= 0.6 is 0 Å². The van der Waals surface area contributed by atoms with Gasteiger partial charge in [-0.3, -0.25) is 0 Å². The zero-order chi connectivity index (χ0) is 10.8. The third-order valence-corrected chi connectivity index (χ3v) is 2.88. The first-order chi connectivity index (χ1) is 6.31. The number of hydrogen-bond acceptors (Lipinski definition) is 3. The van der Waals surface area contributed by atoms with Crippen molar-refractivity contribution in [3.05, 3.63) is 12.5 Å². The van der Waals surface area contributed by atoms with Crippen molar-refractivity contribution >= 4 is 10.0 Å². The molecule has 0 aromatic carbocycles. The lowest BCUT2D eigenvalue weighted by Gasteiger charge is -2.18. The summed E-state index contributed by atoms with van der Waals surface area (Å²) < 4.78 is 25.6. The minimum Gasteiger partial charge on any atom is -0.335 e. The zero-order valence-electron chi connectivity index (χ0n) is 8.53. The Morgan fingerprint density at radius 2 is 2.14 bits per heavy atom. The van der Waals surface area contributed by atoms with Crippen LogP contribution in [0.15, 0.2) is 17.6 Å². The molecule has 5 nitrogen and oxygen atoms in total. The van der Waals surface area contributed by atoms with Crippen LogP contribution in [0.1, 0.15) is 20.8 Å². The second-order valence-corrected chi connectivity index (χ2v) is 6.04. The molecule has 0 unspecified atom stereocenters. The lowest BCUT2D eigenvalue weighted by Crippen LogP contribution is -2.32. The van der Waals surface area contributed by atoms with Crippen LogP contribution in [0.2, 0.25) is 0 Å². The van der Waals surface area contributed by atoms with E-state index in [4.69, 9.17) is 0 Å². The van der Waals surface area contributed by atoms with Crippen molar-refractivity contribution < 1.29 is 8.42 Å². The second kappa shape index (κ2) is 3.70. The number of H-pyrrole nitrogens is 1. The number of aromatic nitrogens is 2. The maximum atomic E-state index is 11.6. The molecule has 0 fully saturated rings. The maximum Gasteiger partial charge on any atom is 0.257 e. The van der Waals surface area contributed by atoms with Crippen LogP contribution in [0, 0.1) is 5.41 Å². The van der Waals surface area contributed by atoms with Crippen molar-refractivity contribution in [1.82, 2.24) is 14.7 Å². The lowest BCUT2D eigenvalue weighted by atomic mass is 9.98. The Balaban J connectivity index is 2.70. The van der Waals surface area contributed by atoms with Crippen molar-refractivity contribution in [3.63, 3.8) is 0 Å². The van der Waals surface area contributed by atoms with Crippen molar-refractivity contribution in [1.29, 1.82) is 0 Å². The Morgan fingerprint density at radius 3 is 2.57 bits per heavy atom. The summed E-state index contributed by atoms with van der Waals surface area (Å²) in [6, 6.07) is 0. The Labute approximate surface area is 84.0 Å². The topological polar surface area (TPSA) is 74.8 Å². The minimum absolute atomic E-state index is 0.0763. The number of hydrogen-bond donors (Lipinski definition) is 2. The van der Waals surface area contributed by atoms with Crippen molar-refractivity contribution in [2.45, 2.75) is 25.8 Å². The molecule has 1 aromatic heterocycles. The Hall–Kier alpha value is -0.880. The molecule has 0 aliphatic carbocycles. The molecule has 0 aliphatic rings. The molecule has 1 heterocycles. The fourth-order valence-corrected chi connectivity index (χ4v) is 1.97. The monoisotopic (exact) mass is 217 g/mol. The van der Waals surface area contributed by atoms with Crippen molar-refractivity contribution in [2.75, 3.05) is 6.54 Å². The highest BCUT2D eigenvalue weighted by molar-refractivity contribution is 7.89. The smallest absolute Gasteiger partial charge is 0.257 e. The lowest BCUT2D eigenvalue weighted by molar-refractivity contribution is 0.407. The number of nitrogens with one attached hydrogen (secondary N) is 2. The van der Waals surface area contributed by atoms with Gasteiger partial charge in [0.2, 0.25) is 0 Å². The molecule has 14 heavy (non-hydrogen) atoms. The number of aromatic amines is 1. The first kappa shape index (κ1) is 11.2. The summed E-state index contributed by atoms with van der Waals surface area (Å²) >= 11 is 0. The van der Waals surface area contributed by atoms with Gasteiger partial charge in [0, 0.05) is 6.54 Å². The molecule has 1 aromatic rings. The van der Waals surface area contributed by atoms with E-state index in [0.717, 1.165) is 0 Å². The number of nitrogens with zero attached hydrogens (tertiary/aromatic N) is 1. The summed E-state index contributed by atoms with van der Waals surface area (Å²) in [6.45, 7) is 6.28. The molecule has 0 spiro atoms. The summed E-state index contributed by atoms with van der Waals surface area (Å²) in [4.78, 5) is 6.21. The van der Waals surface area contributed by atoms with Crippen LogP contribution in [-0.2, 0) is 10.0 Å². The van der Waals surface area contributed by atoms with Crippen LogP contribution < -0.4 is 4.72 Å². The van der Waals surface area contributed by atoms with Crippen LogP contribution in [-0.4, -0.2) is 24.9 Å². The number of rotatable bonds is 3. The van der Waals surface area contributed by atoms with Crippen LogP contribution in [0.3, 0.4) is 0 Å². The van der Waals surface area contributed by atoms with Crippen LogP contribution in [0.4, 0.5) is 0 Å². The van der Waals surface area contributed by atoms with E-state index in [9.17, 15) is 8.42 Å². The molecule has 2 N–H and O–H groups in total. The third kappa shape index (κ3) is 3.12. The van der Waals surface area contributed by atoms with E-state index in [1.807, 2.05) is 20.8 Å². The molecule has 0 saturated carbocycles. The molecule has 6 heteroatoms. The normalized spacial score (nSPS) is 13.1. The average Bonchev–Trinajstić information content (AvgIpc) is 2.52. The van der Waals surface area contributed by atoms with Gasteiger partial charge in [0.15, 0.2) is 5.03 Å². The van der Waals surface area contributed by atoms with Gasteiger partial charge in [-0.05, 0) is 5.41 Å². The summed E-state index contributed by atoms with van der Waals surface area (Å²) in [7, 11) is -3.42. The van der Waals surface area contributed by atoms with E-state index < -0.39 is 10.0 Å². The Kier molecular flexibility index (Phi) is 2.96. The largest absolute Gasteiger partial charge is 0.335 e. The van der Waals surface area contributed by atoms with Gasteiger partial charge < -0.3 is 4.98 Å². The quantitative estimate of drug-likeness (QED) is 0.784. The van der Waals surface area contributed by atoms with Crippen LogP contribution in [0.5, 0.6) is 0 Å². The third-order valence-electron chi connectivity index (χ3n) is 1.56. The van der Waals surface area contributed by atoms with Gasteiger partial charge in [-0.25, -0.2) is 18.1 Å². The van der Waals surface area contributed by atoms with E-state index in [2.05, 4.69) is 14.7 Å². The van der Waals surface area contributed by atoms with Gasteiger partial charge in [0.05, 0.1) is 12.5 Å². The molecular weight excluding hydrogens is 202 g/mol. The van der Waals surface area contributed by atoms with E-state index in [0.29, 0.717) is 6.54 Å². The Morgan fingerprint density at radius 1 is 1.50 bits per heavy atom. The molecule has 1 rings (SSSR count). The summed E-state index contributed by atoms with van der Waals surface area (Å²) in [5.74, 6) is 0. The van der Waals surface area contributed by atoms with Crippen molar-refractivity contribution in [3.8, 4) is 0 Å². The van der Waals surface area contributed by atoms with E-state index >= 15 is 0 Å².